The molecule has 0 unspecified atom stereocenters. The first-order valence-corrected chi connectivity index (χ1v) is 4.93. The highest BCUT2D eigenvalue weighted by Crippen LogP contribution is 2.32. The summed E-state index contributed by atoms with van der Waals surface area (Å²) in [6.07, 6.45) is 0. The van der Waals surface area contributed by atoms with Gasteiger partial charge in [-0.15, -0.1) is 0 Å². The van der Waals surface area contributed by atoms with Crippen LogP contribution in [-0.4, -0.2) is 16.2 Å². The lowest BCUT2D eigenvalue weighted by atomic mass is 10.0. The van der Waals surface area contributed by atoms with E-state index in [4.69, 9.17) is 16.7 Å². The minimum absolute atomic E-state index is 0.0618. The number of nitrogens with zero attached hydrogens (tertiary/aromatic N) is 1. The van der Waals surface area contributed by atoms with Gasteiger partial charge in [0.15, 0.2) is 5.15 Å². The van der Waals surface area contributed by atoms with Crippen LogP contribution in [0.1, 0.15) is 16.1 Å². The Bertz CT molecular complexity index is 548. The Kier molecular flexibility index (Phi) is 2.66. The maximum atomic E-state index is 10.9. The molecule has 0 atom stereocenters. The number of halogens is 1. The van der Waals surface area contributed by atoms with Crippen molar-refractivity contribution >= 4 is 17.6 Å². The van der Waals surface area contributed by atoms with E-state index in [9.17, 15) is 4.79 Å². The van der Waals surface area contributed by atoms with Gasteiger partial charge in [0.2, 0.25) is 0 Å². The van der Waals surface area contributed by atoms with E-state index in [0.29, 0.717) is 11.1 Å². The molecule has 2 aromatic rings. The molecule has 0 amide bonds. The Morgan fingerprint density at radius 3 is 2.75 bits per heavy atom. The molecule has 1 heterocycles. The maximum absolute atomic E-state index is 10.9. The van der Waals surface area contributed by atoms with Gasteiger partial charge in [0.1, 0.15) is 0 Å². The predicted molar refractivity (Wildman–Crippen MR) is 58.6 cm³/mol. The van der Waals surface area contributed by atoms with E-state index in [1.807, 2.05) is 19.1 Å². The number of aryl methyl sites for hydroxylation is 1. The van der Waals surface area contributed by atoms with Crippen LogP contribution in [-0.2, 0) is 0 Å². The molecular weight excluding hydrogens is 230 g/mol. The van der Waals surface area contributed by atoms with E-state index in [0.717, 1.165) is 5.56 Å². The van der Waals surface area contributed by atoms with Gasteiger partial charge < -0.3 is 9.63 Å². The highest BCUT2D eigenvalue weighted by Gasteiger charge is 2.22. The van der Waals surface area contributed by atoms with Crippen LogP contribution in [0, 0.1) is 6.92 Å². The summed E-state index contributed by atoms with van der Waals surface area (Å²) in [6, 6.07) is 7.31. The summed E-state index contributed by atoms with van der Waals surface area (Å²) in [4.78, 5) is 10.9. The number of aromatic nitrogens is 1. The predicted octanol–water partition coefficient (Wildman–Crippen LogP) is 3.00. The Balaban J connectivity index is 2.68. The van der Waals surface area contributed by atoms with E-state index in [2.05, 4.69) is 9.68 Å². The summed E-state index contributed by atoms with van der Waals surface area (Å²) >= 11 is 5.83. The number of carbonyl (C=O) groups is 1. The van der Waals surface area contributed by atoms with Crippen molar-refractivity contribution in [2.75, 3.05) is 0 Å². The van der Waals surface area contributed by atoms with Gasteiger partial charge in [-0.05, 0) is 18.1 Å². The molecule has 82 valence electrons. The van der Waals surface area contributed by atoms with Crippen LogP contribution in [0.4, 0.5) is 0 Å². The van der Waals surface area contributed by atoms with Gasteiger partial charge in [0, 0.05) is 0 Å². The minimum atomic E-state index is -1.18. The van der Waals surface area contributed by atoms with E-state index >= 15 is 0 Å². The number of rotatable bonds is 2. The lowest BCUT2D eigenvalue weighted by Crippen LogP contribution is -1.97. The first-order valence-electron chi connectivity index (χ1n) is 4.55. The van der Waals surface area contributed by atoms with Crippen LogP contribution in [0.2, 0.25) is 5.15 Å². The standard InChI is InChI=1S/C11H8ClNO3/c1-6-4-2-3-5-7(6)8-9(11(14)15)16-13-10(8)12/h2-5H,1H3,(H,14,15). The molecule has 0 radical (unpaired) electrons. The highest BCUT2D eigenvalue weighted by molar-refractivity contribution is 6.32. The summed E-state index contributed by atoms with van der Waals surface area (Å²) < 4.78 is 4.68. The van der Waals surface area contributed by atoms with E-state index in [1.54, 1.807) is 12.1 Å². The van der Waals surface area contributed by atoms with Gasteiger partial charge in [-0.3, -0.25) is 0 Å². The SMILES string of the molecule is Cc1ccccc1-c1c(Cl)noc1C(=O)O. The zero-order valence-electron chi connectivity index (χ0n) is 8.40. The molecule has 5 heteroatoms. The number of carboxylic acid groups (broad SMARTS) is 1. The third-order valence-corrected chi connectivity index (χ3v) is 2.52. The van der Waals surface area contributed by atoms with Gasteiger partial charge >= 0.3 is 5.97 Å². The number of hydrogen-bond acceptors (Lipinski definition) is 3. The van der Waals surface area contributed by atoms with Crippen molar-refractivity contribution in [3.05, 3.63) is 40.7 Å². The second-order valence-corrected chi connectivity index (χ2v) is 3.66. The smallest absolute Gasteiger partial charge is 0.375 e. The van der Waals surface area contributed by atoms with E-state index in [1.165, 1.54) is 0 Å². The fourth-order valence-corrected chi connectivity index (χ4v) is 1.73. The van der Waals surface area contributed by atoms with Crippen molar-refractivity contribution < 1.29 is 14.4 Å². The normalized spacial score (nSPS) is 10.4. The Morgan fingerprint density at radius 2 is 2.12 bits per heavy atom. The molecule has 16 heavy (non-hydrogen) atoms. The summed E-state index contributed by atoms with van der Waals surface area (Å²) in [5.41, 5.74) is 1.95. The number of benzene rings is 1. The zero-order valence-corrected chi connectivity index (χ0v) is 9.15. The molecule has 1 aromatic heterocycles. The van der Waals surface area contributed by atoms with Crippen LogP contribution in [0.5, 0.6) is 0 Å². The first kappa shape index (κ1) is 10.7. The van der Waals surface area contributed by atoms with Gasteiger partial charge in [-0.25, -0.2) is 4.79 Å². The Morgan fingerprint density at radius 1 is 1.44 bits per heavy atom. The number of aromatic carboxylic acids is 1. The van der Waals surface area contributed by atoms with Crippen LogP contribution >= 0.6 is 11.6 Å². The molecule has 1 N–H and O–H groups in total. The third-order valence-electron chi connectivity index (χ3n) is 2.26. The van der Waals surface area contributed by atoms with Gasteiger partial charge in [-0.2, -0.15) is 0 Å². The topological polar surface area (TPSA) is 63.3 Å². The van der Waals surface area contributed by atoms with Gasteiger partial charge in [0.25, 0.3) is 5.76 Å². The second kappa shape index (κ2) is 3.98. The first-order chi connectivity index (χ1) is 7.61. The monoisotopic (exact) mass is 237 g/mol. The second-order valence-electron chi connectivity index (χ2n) is 3.30. The van der Waals surface area contributed by atoms with Crippen molar-refractivity contribution in [2.45, 2.75) is 6.92 Å². The Hall–Kier alpha value is -1.81. The number of hydrogen-bond donors (Lipinski definition) is 1. The Labute approximate surface area is 96.4 Å². The average molecular weight is 238 g/mol. The molecule has 0 spiro atoms. The van der Waals surface area contributed by atoms with Crippen LogP contribution in [0.3, 0.4) is 0 Å². The summed E-state index contributed by atoms with van der Waals surface area (Å²) in [6.45, 7) is 1.87. The van der Waals surface area contributed by atoms with Crippen molar-refractivity contribution in [1.82, 2.24) is 5.16 Å². The molecule has 0 fully saturated rings. The molecule has 0 aliphatic carbocycles. The largest absolute Gasteiger partial charge is 0.475 e. The molecule has 0 aliphatic heterocycles. The fraction of sp³-hybridized carbons (Fsp3) is 0.0909. The molecule has 0 saturated carbocycles. The fourth-order valence-electron chi connectivity index (χ4n) is 1.50. The molecule has 0 saturated heterocycles. The summed E-state index contributed by atoms with van der Waals surface area (Å²) in [5, 5.41) is 12.5. The zero-order chi connectivity index (χ0) is 11.7. The average Bonchev–Trinajstić information content (AvgIpc) is 2.61. The molecule has 1 aromatic carbocycles. The maximum Gasteiger partial charge on any atom is 0.375 e. The molecular formula is C11H8ClNO3. The van der Waals surface area contributed by atoms with Crippen LogP contribution in [0.15, 0.2) is 28.8 Å². The van der Waals surface area contributed by atoms with Gasteiger partial charge in [0.05, 0.1) is 5.56 Å². The third kappa shape index (κ3) is 1.67. The lowest BCUT2D eigenvalue weighted by Gasteiger charge is -2.03. The minimum Gasteiger partial charge on any atom is -0.475 e. The summed E-state index contributed by atoms with van der Waals surface area (Å²) in [7, 11) is 0. The van der Waals surface area contributed by atoms with Gasteiger partial charge in [-0.1, -0.05) is 41.0 Å². The molecule has 0 bridgehead atoms. The van der Waals surface area contributed by atoms with Crippen LogP contribution in [0.25, 0.3) is 11.1 Å². The van der Waals surface area contributed by atoms with Crippen molar-refractivity contribution in [2.24, 2.45) is 0 Å². The lowest BCUT2D eigenvalue weighted by molar-refractivity contribution is 0.0653. The van der Waals surface area contributed by atoms with E-state index < -0.39 is 5.97 Å². The quantitative estimate of drug-likeness (QED) is 0.872. The van der Waals surface area contributed by atoms with E-state index in [-0.39, 0.29) is 10.9 Å². The molecule has 2 rings (SSSR count). The highest BCUT2D eigenvalue weighted by atomic mass is 35.5. The molecule has 0 aliphatic rings. The van der Waals surface area contributed by atoms with Crippen LogP contribution < -0.4 is 0 Å². The molecule has 4 nitrogen and oxygen atoms in total. The summed E-state index contributed by atoms with van der Waals surface area (Å²) in [5.74, 6) is -1.42. The number of carboxylic acids is 1. The van der Waals surface area contributed by atoms with Crippen molar-refractivity contribution in [1.29, 1.82) is 0 Å². The van der Waals surface area contributed by atoms with Crippen molar-refractivity contribution in [3.63, 3.8) is 0 Å². The van der Waals surface area contributed by atoms with Crippen molar-refractivity contribution in [3.8, 4) is 11.1 Å².